The van der Waals surface area contributed by atoms with E-state index < -0.39 is 12.0 Å². The lowest BCUT2D eigenvalue weighted by Crippen LogP contribution is -2.36. The van der Waals surface area contributed by atoms with Crippen LogP contribution in [0.5, 0.6) is 0 Å². The molecule has 1 N–H and O–H groups in total. The van der Waals surface area contributed by atoms with E-state index in [0.29, 0.717) is 0 Å². The second kappa shape index (κ2) is 7.47. The van der Waals surface area contributed by atoms with Gasteiger partial charge in [-0.1, -0.05) is 25.2 Å². The zero-order valence-electron chi connectivity index (χ0n) is 10.3. The van der Waals surface area contributed by atoms with Crippen LogP contribution in [0.2, 0.25) is 0 Å². The van der Waals surface area contributed by atoms with Crippen LogP contribution in [0.1, 0.15) is 20.3 Å². The summed E-state index contributed by atoms with van der Waals surface area (Å²) in [7, 11) is 3.49. The van der Waals surface area contributed by atoms with Gasteiger partial charge in [0.15, 0.2) is 0 Å². The molecule has 0 aromatic rings. The molecule has 0 heterocycles. The van der Waals surface area contributed by atoms with Crippen molar-refractivity contribution >= 4 is 17.6 Å². The topological polar surface area (TPSA) is 40.5 Å². The second-order valence-corrected chi connectivity index (χ2v) is 4.34. The molecule has 0 rings (SSSR count). The molecule has 0 aliphatic heterocycles. The minimum atomic E-state index is -0.856. The van der Waals surface area contributed by atoms with E-state index in [0.717, 1.165) is 12.0 Å². The molecule has 2 atom stereocenters. The van der Waals surface area contributed by atoms with Gasteiger partial charge in [-0.15, -0.1) is 11.6 Å². The number of carboxylic acid groups (broad SMARTS) is 1. The van der Waals surface area contributed by atoms with E-state index in [1.165, 1.54) is 0 Å². The molecule has 0 spiro atoms. The Hall–Kier alpha value is -0.800. The van der Waals surface area contributed by atoms with Crippen molar-refractivity contribution in [1.82, 2.24) is 4.90 Å². The minimum absolute atomic E-state index is 0.0495. The standard InChI is InChI=1S/C12H20ClNO2/c1-5-9(7-8-10(13)6-2)11(12(15)16)14(3)4/h5,7-8,10-11H,6H2,1-4H3,(H,15,16). The molecule has 16 heavy (non-hydrogen) atoms. The largest absolute Gasteiger partial charge is 0.480 e. The SMILES string of the molecule is CC=C(C=CC(Cl)CC)C(C(=O)O)N(C)C. The van der Waals surface area contributed by atoms with Crippen LogP contribution in [0.15, 0.2) is 23.8 Å². The van der Waals surface area contributed by atoms with Crippen molar-refractivity contribution in [3.05, 3.63) is 23.8 Å². The molecule has 0 saturated carbocycles. The van der Waals surface area contributed by atoms with E-state index in [2.05, 4.69) is 0 Å². The number of rotatable bonds is 6. The number of halogens is 1. The van der Waals surface area contributed by atoms with Crippen molar-refractivity contribution in [1.29, 1.82) is 0 Å². The van der Waals surface area contributed by atoms with Crippen LogP contribution >= 0.6 is 11.6 Å². The minimum Gasteiger partial charge on any atom is -0.480 e. The van der Waals surface area contributed by atoms with Crippen LogP contribution in [-0.2, 0) is 4.79 Å². The lowest BCUT2D eigenvalue weighted by atomic mass is 10.0. The molecule has 2 unspecified atom stereocenters. The van der Waals surface area contributed by atoms with Crippen molar-refractivity contribution in [2.75, 3.05) is 14.1 Å². The molecule has 4 heteroatoms. The van der Waals surface area contributed by atoms with Gasteiger partial charge in [0.1, 0.15) is 6.04 Å². The molecule has 3 nitrogen and oxygen atoms in total. The fourth-order valence-corrected chi connectivity index (χ4v) is 1.43. The first-order valence-corrected chi connectivity index (χ1v) is 5.75. The molecule has 0 aliphatic rings. The zero-order chi connectivity index (χ0) is 12.7. The third-order valence-electron chi connectivity index (χ3n) is 2.29. The summed E-state index contributed by atoms with van der Waals surface area (Å²) in [6, 6.07) is -0.623. The van der Waals surface area contributed by atoms with Crippen molar-refractivity contribution in [2.24, 2.45) is 0 Å². The van der Waals surface area contributed by atoms with E-state index in [9.17, 15) is 4.79 Å². The molecule has 0 bridgehead atoms. The number of likely N-dealkylation sites (N-methyl/N-ethyl adjacent to an activating group) is 1. The van der Waals surface area contributed by atoms with E-state index in [1.807, 2.05) is 19.9 Å². The van der Waals surface area contributed by atoms with Gasteiger partial charge < -0.3 is 5.11 Å². The molecule has 92 valence electrons. The van der Waals surface area contributed by atoms with Crippen molar-refractivity contribution in [3.8, 4) is 0 Å². The highest BCUT2D eigenvalue weighted by Gasteiger charge is 2.22. The highest BCUT2D eigenvalue weighted by molar-refractivity contribution is 6.21. The fourth-order valence-electron chi connectivity index (χ4n) is 1.36. The second-order valence-electron chi connectivity index (χ2n) is 3.78. The van der Waals surface area contributed by atoms with Crippen LogP contribution in [-0.4, -0.2) is 41.5 Å². The summed E-state index contributed by atoms with van der Waals surface area (Å²) >= 11 is 5.96. The molecule has 0 saturated heterocycles. The first kappa shape index (κ1) is 15.2. The van der Waals surface area contributed by atoms with Gasteiger partial charge in [0.05, 0.1) is 5.38 Å². The number of allylic oxidation sites excluding steroid dienone is 2. The number of hydrogen-bond donors (Lipinski definition) is 1. The lowest BCUT2D eigenvalue weighted by molar-refractivity contribution is -0.140. The Morgan fingerprint density at radius 3 is 2.38 bits per heavy atom. The Balaban J connectivity index is 4.84. The number of hydrogen-bond acceptors (Lipinski definition) is 2. The number of nitrogens with zero attached hydrogens (tertiary/aromatic N) is 1. The third kappa shape index (κ3) is 4.81. The fraction of sp³-hybridized carbons (Fsp3) is 0.583. The summed E-state index contributed by atoms with van der Waals surface area (Å²) < 4.78 is 0. The average molecular weight is 246 g/mol. The van der Waals surface area contributed by atoms with E-state index in [1.54, 1.807) is 31.1 Å². The van der Waals surface area contributed by atoms with Crippen molar-refractivity contribution < 1.29 is 9.90 Å². The number of carboxylic acids is 1. The number of carbonyl (C=O) groups is 1. The smallest absolute Gasteiger partial charge is 0.325 e. The Kier molecular flexibility index (Phi) is 7.10. The van der Waals surface area contributed by atoms with Crippen LogP contribution in [0.3, 0.4) is 0 Å². The predicted octanol–water partition coefficient (Wildman–Crippen LogP) is 2.52. The predicted molar refractivity (Wildman–Crippen MR) is 67.9 cm³/mol. The van der Waals surface area contributed by atoms with Gasteiger partial charge in [-0.25, -0.2) is 0 Å². The maximum Gasteiger partial charge on any atom is 0.325 e. The summed E-state index contributed by atoms with van der Waals surface area (Å²) in [4.78, 5) is 12.8. The maximum atomic E-state index is 11.1. The van der Waals surface area contributed by atoms with Crippen LogP contribution in [0.4, 0.5) is 0 Å². The summed E-state index contributed by atoms with van der Waals surface area (Å²) in [5, 5.41) is 9.07. The molecule has 0 aliphatic carbocycles. The monoisotopic (exact) mass is 245 g/mol. The van der Waals surface area contributed by atoms with Gasteiger partial charge >= 0.3 is 5.97 Å². The molecular formula is C12H20ClNO2. The Morgan fingerprint density at radius 2 is 2.06 bits per heavy atom. The van der Waals surface area contributed by atoms with Gasteiger partial charge in [0.2, 0.25) is 0 Å². The van der Waals surface area contributed by atoms with Crippen molar-refractivity contribution in [3.63, 3.8) is 0 Å². The zero-order valence-corrected chi connectivity index (χ0v) is 11.0. The average Bonchev–Trinajstić information content (AvgIpc) is 2.21. The summed E-state index contributed by atoms with van der Waals surface area (Å²) in [5.74, 6) is -0.856. The van der Waals surface area contributed by atoms with Gasteiger partial charge in [-0.05, 0) is 33.0 Å². The first-order valence-electron chi connectivity index (χ1n) is 5.31. The van der Waals surface area contributed by atoms with Crippen LogP contribution in [0.25, 0.3) is 0 Å². The number of alkyl halides is 1. The molecule has 0 aromatic heterocycles. The van der Waals surface area contributed by atoms with E-state index >= 15 is 0 Å². The van der Waals surface area contributed by atoms with E-state index in [4.69, 9.17) is 16.7 Å². The Morgan fingerprint density at radius 1 is 1.50 bits per heavy atom. The Labute approximate surface area is 102 Å². The van der Waals surface area contributed by atoms with Gasteiger partial charge in [-0.2, -0.15) is 0 Å². The Bertz CT molecular complexity index is 285. The normalized spacial score (nSPS) is 16.8. The van der Waals surface area contributed by atoms with Crippen LogP contribution < -0.4 is 0 Å². The first-order chi connectivity index (χ1) is 7.43. The van der Waals surface area contributed by atoms with Crippen LogP contribution in [0, 0.1) is 0 Å². The van der Waals surface area contributed by atoms with Gasteiger partial charge in [0, 0.05) is 0 Å². The highest BCUT2D eigenvalue weighted by Crippen LogP contribution is 2.12. The summed E-state index contributed by atoms with van der Waals surface area (Å²) in [6.45, 7) is 3.81. The number of aliphatic carboxylic acids is 1. The summed E-state index contributed by atoms with van der Waals surface area (Å²) in [6.07, 6.45) is 6.25. The van der Waals surface area contributed by atoms with E-state index in [-0.39, 0.29) is 5.38 Å². The van der Waals surface area contributed by atoms with Gasteiger partial charge in [-0.3, -0.25) is 9.69 Å². The highest BCUT2D eigenvalue weighted by atomic mass is 35.5. The van der Waals surface area contributed by atoms with Gasteiger partial charge in [0.25, 0.3) is 0 Å². The molecule has 0 radical (unpaired) electrons. The summed E-state index contributed by atoms with van der Waals surface area (Å²) in [5.41, 5.74) is 0.747. The lowest BCUT2D eigenvalue weighted by Gasteiger charge is -2.21. The molecule has 0 aromatic carbocycles. The van der Waals surface area contributed by atoms with Crippen molar-refractivity contribution in [2.45, 2.75) is 31.7 Å². The quantitative estimate of drug-likeness (QED) is 0.578. The molecular weight excluding hydrogens is 226 g/mol. The third-order valence-corrected chi connectivity index (χ3v) is 2.74. The maximum absolute atomic E-state index is 11.1. The molecule has 0 amide bonds. The molecule has 0 fully saturated rings.